The Bertz CT molecular complexity index is 1370. The molecule has 0 spiro atoms. The molecule has 1 unspecified atom stereocenters. The van der Waals surface area contributed by atoms with Crippen molar-refractivity contribution >= 4 is 49.7 Å². The van der Waals surface area contributed by atoms with E-state index in [1.807, 2.05) is 18.1 Å². The first-order valence-electron chi connectivity index (χ1n) is 15.1. The fraction of sp³-hybridized carbons (Fsp3) is 0.471. The van der Waals surface area contributed by atoms with Crippen molar-refractivity contribution in [1.29, 1.82) is 0 Å². The van der Waals surface area contributed by atoms with Crippen LogP contribution in [0, 0.1) is 18.8 Å². The summed E-state index contributed by atoms with van der Waals surface area (Å²) in [7, 11) is 0. The van der Waals surface area contributed by atoms with E-state index in [0.29, 0.717) is 24.2 Å². The number of amides is 1. The number of piperidine rings is 2. The molecule has 4 nitrogen and oxygen atoms in total. The molecular weight excluding hydrogens is 658 g/mol. The molecule has 2 saturated heterocycles. The molecular formula is C34H39Br2N3OS. The van der Waals surface area contributed by atoms with Gasteiger partial charge in [-0.05, 0) is 113 Å². The molecule has 41 heavy (non-hydrogen) atoms. The first-order chi connectivity index (χ1) is 19.9. The second-order valence-corrected chi connectivity index (χ2v) is 14.9. The van der Waals surface area contributed by atoms with E-state index in [1.54, 1.807) is 0 Å². The third-order valence-corrected chi connectivity index (χ3v) is 11.5. The second kappa shape index (κ2) is 13.3. The van der Waals surface area contributed by atoms with E-state index in [4.69, 9.17) is 4.98 Å². The molecule has 0 N–H and O–H groups in total. The number of aromatic nitrogens is 1. The van der Waals surface area contributed by atoms with Gasteiger partial charge in [-0.25, -0.2) is 0 Å². The Morgan fingerprint density at radius 1 is 0.951 bits per heavy atom. The van der Waals surface area contributed by atoms with Crippen molar-refractivity contribution in [3.63, 3.8) is 0 Å². The van der Waals surface area contributed by atoms with Gasteiger partial charge < -0.3 is 4.90 Å². The van der Waals surface area contributed by atoms with Crippen LogP contribution in [0.3, 0.4) is 0 Å². The Balaban J connectivity index is 1.06. The van der Waals surface area contributed by atoms with Crippen molar-refractivity contribution in [2.45, 2.75) is 63.5 Å². The zero-order valence-corrected chi connectivity index (χ0v) is 27.8. The summed E-state index contributed by atoms with van der Waals surface area (Å²) in [5.41, 5.74) is 8.14. The van der Waals surface area contributed by atoms with Gasteiger partial charge >= 0.3 is 0 Å². The van der Waals surface area contributed by atoms with Gasteiger partial charge in [0.15, 0.2) is 0 Å². The van der Waals surface area contributed by atoms with Gasteiger partial charge in [-0.1, -0.05) is 64.3 Å². The molecule has 0 saturated carbocycles. The molecule has 0 bridgehead atoms. The minimum atomic E-state index is 0.264. The average Bonchev–Trinajstić information content (AvgIpc) is 3.14. The number of pyridine rings is 1. The van der Waals surface area contributed by atoms with E-state index in [1.165, 1.54) is 38.0 Å². The summed E-state index contributed by atoms with van der Waals surface area (Å²) < 4.78 is 4.76. The van der Waals surface area contributed by atoms with Crippen LogP contribution in [-0.4, -0.2) is 46.3 Å². The molecule has 1 aromatic heterocycles. The molecule has 0 radical (unpaired) electrons. The van der Waals surface area contributed by atoms with Gasteiger partial charge in [0.1, 0.15) is 0 Å². The fourth-order valence-corrected chi connectivity index (χ4v) is 9.29. The molecule has 3 aromatic rings. The maximum absolute atomic E-state index is 13.4. The van der Waals surface area contributed by atoms with Gasteiger partial charge in [0.05, 0.1) is 5.69 Å². The summed E-state index contributed by atoms with van der Waals surface area (Å²) in [4.78, 5) is 20.6. The molecule has 2 fully saturated rings. The highest BCUT2D eigenvalue weighted by Gasteiger charge is 2.36. The third kappa shape index (κ3) is 6.95. The van der Waals surface area contributed by atoms with Crippen molar-refractivity contribution in [1.82, 2.24) is 14.2 Å². The van der Waals surface area contributed by atoms with Crippen molar-refractivity contribution in [3.05, 3.63) is 97.2 Å². The Hall–Kier alpha value is -1.67. The van der Waals surface area contributed by atoms with Gasteiger partial charge in [-0.3, -0.25) is 14.1 Å². The summed E-state index contributed by atoms with van der Waals surface area (Å²) >= 11 is 9.54. The standard InChI is InChI=1S/C34H39Br2N3OS/c1-23-17-27-7-8-28-20-29(35)21-37-34(28)33(32(27)30(36)18-23)26-11-13-38(14-12-26)31(40)19-24-9-15-39(16-10-24)41-22-25-5-3-2-4-6-25/h2-6,17-18,20-21,24,26,33H,7-16,19,22H2,1H3. The van der Waals surface area contributed by atoms with Gasteiger partial charge in [0.25, 0.3) is 0 Å². The highest BCUT2D eigenvalue weighted by Crippen LogP contribution is 2.46. The van der Waals surface area contributed by atoms with Crippen LogP contribution >= 0.6 is 43.8 Å². The van der Waals surface area contributed by atoms with Crippen molar-refractivity contribution in [2.75, 3.05) is 26.2 Å². The monoisotopic (exact) mass is 695 g/mol. The van der Waals surface area contributed by atoms with Crippen LogP contribution in [0.5, 0.6) is 0 Å². The average molecular weight is 698 g/mol. The first kappa shape index (κ1) is 29.4. The molecule has 1 aliphatic carbocycles. The van der Waals surface area contributed by atoms with Crippen LogP contribution in [0.4, 0.5) is 0 Å². The SMILES string of the molecule is Cc1cc(Br)c2c(c1)CCc1cc(Br)cnc1C2C1CCN(C(=O)CC2CCN(SCc3ccccc3)CC2)CC1. The molecule has 216 valence electrons. The number of rotatable bonds is 6. The number of hydrogen-bond acceptors (Lipinski definition) is 4. The molecule has 3 heterocycles. The number of carbonyl (C=O) groups excluding carboxylic acids is 1. The first-order valence-corrected chi connectivity index (χ1v) is 17.6. The predicted octanol–water partition coefficient (Wildman–Crippen LogP) is 8.33. The Morgan fingerprint density at radius 2 is 1.68 bits per heavy atom. The van der Waals surface area contributed by atoms with E-state index in [-0.39, 0.29) is 5.92 Å². The van der Waals surface area contributed by atoms with Gasteiger partial charge in [-0.2, -0.15) is 0 Å². The lowest BCUT2D eigenvalue weighted by Gasteiger charge is -2.38. The van der Waals surface area contributed by atoms with Crippen molar-refractivity contribution in [3.8, 4) is 0 Å². The lowest BCUT2D eigenvalue weighted by Crippen LogP contribution is -2.41. The van der Waals surface area contributed by atoms with Crippen LogP contribution in [0.1, 0.15) is 71.5 Å². The third-order valence-electron chi connectivity index (χ3n) is 9.25. The lowest BCUT2D eigenvalue weighted by molar-refractivity contribution is -0.133. The number of nitrogens with zero attached hydrogens (tertiary/aromatic N) is 3. The quantitative estimate of drug-likeness (QED) is 0.243. The van der Waals surface area contributed by atoms with Crippen LogP contribution in [-0.2, 0) is 23.4 Å². The Kier molecular flexibility index (Phi) is 9.55. The minimum Gasteiger partial charge on any atom is -0.343 e. The molecule has 3 aliphatic rings. The van der Waals surface area contributed by atoms with Crippen LogP contribution < -0.4 is 0 Å². The fourth-order valence-electron chi connectivity index (χ4n) is 7.06. The van der Waals surface area contributed by atoms with Gasteiger partial charge in [-0.15, -0.1) is 0 Å². The highest BCUT2D eigenvalue weighted by molar-refractivity contribution is 9.10. The van der Waals surface area contributed by atoms with E-state index in [2.05, 4.69) is 96.5 Å². The molecule has 1 atom stereocenters. The number of fused-ring (bicyclic) bond motifs is 2. The number of halogens is 2. The highest BCUT2D eigenvalue weighted by atomic mass is 79.9. The normalized spacial score (nSPS) is 20.4. The van der Waals surface area contributed by atoms with E-state index >= 15 is 0 Å². The van der Waals surface area contributed by atoms with Crippen LogP contribution in [0.2, 0.25) is 0 Å². The predicted molar refractivity (Wildman–Crippen MR) is 176 cm³/mol. The summed E-state index contributed by atoms with van der Waals surface area (Å²) in [5, 5.41) is 0. The number of hydrogen-bond donors (Lipinski definition) is 0. The molecule has 2 aliphatic heterocycles. The maximum Gasteiger partial charge on any atom is 0.222 e. The van der Waals surface area contributed by atoms with Crippen LogP contribution in [0.25, 0.3) is 0 Å². The smallest absolute Gasteiger partial charge is 0.222 e. The maximum atomic E-state index is 13.4. The second-order valence-electron chi connectivity index (χ2n) is 12.0. The number of benzene rings is 2. The zero-order valence-electron chi connectivity index (χ0n) is 23.8. The van der Waals surface area contributed by atoms with E-state index < -0.39 is 0 Å². The summed E-state index contributed by atoms with van der Waals surface area (Å²) in [5.74, 6) is 2.64. The Morgan fingerprint density at radius 3 is 2.44 bits per heavy atom. The molecule has 1 amide bonds. The molecule has 2 aromatic carbocycles. The molecule has 6 rings (SSSR count). The summed E-state index contributed by atoms with van der Waals surface area (Å²) in [6.07, 6.45) is 9.02. The van der Waals surface area contributed by atoms with Gasteiger partial charge in [0, 0.05) is 59.4 Å². The number of carbonyl (C=O) groups is 1. The lowest BCUT2D eigenvalue weighted by atomic mass is 9.76. The van der Waals surface area contributed by atoms with Crippen LogP contribution in [0.15, 0.2) is 63.7 Å². The number of likely N-dealkylation sites (tertiary alicyclic amines) is 1. The van der Waals surface area contributed by atoms with E-state index in [0.717, 1.165) is 74.9 Å². The number of aryl methyl sites for hydroxylation is 3. The van der Waals surface area contributed by atoms with Gasteiger partial charge in [0.2, 0.25) is 5.91 Å². The Labute approximate surface area is 266 Å². The molecule has 7 heteroatoms. The minimum absolute atomic E-state index is 0.264. The summed E-state index contributed by atoms with van der Waals surface area (Å²) in [6, 6.07) is 17.6. The van der Waals surface area contributed by atoms with E-state index in [9.17, 15) is 4.79 Å². The summed E-state index contributed by atoms with van der Waals surface area (Å²) in [6.45, 7) is 6.06. The topological polar surface area (TPSA) is 36.4 Å². The zero-order chi connectivity index (χ0) is 28.3. The largest absolute Gasteiger partial charge is 0.343 e. The van der Waals surface area contributed by atoms with Crippen molar-refractivity contribution in [2.24, 2.45) is 11.8 Å². The van der Waals surface area contributed by atoms with Crippen molar-refractivity contribution < 1.29 is 4.79 Å².